The molecule has 1 atom stereocenters. The molecule has 3 aliphatic rings. The molecule has 2 aliphatic carbocycles. The summed E-state index contributed by atoms with van der Waals surface area (Å²) in [5.41, 5.74) is 1.69. The Hall–Kier alpha value is -1.38. The highest BCUT2D eigenvalue weighted by atomic mass is 19.1. The summed E-state index contributed by atoms with van der Waals surface area (Å²) >= 11 is 0. The van der Waals surface area contributed by atoms with Gasteiger partial charge in [-0.25, -0.2) is 9.18 Å². The number of hydrogen-bond donors (Lipinski definition) is 0. The monoisotopic (exact) mass is 428 g/mol. The lowest BCUT2D eigenvalue weighted by Gasteiger charge is -2.36. The molecule has 0 spiro atoms. The first-order valence-corrected chi connectivity index (χ1v) is 13.1. The molecule has 2 saturated carbocycles. The maximum atomic E-state index is 14.8. The van der Waals surface area contributed by atoms with Gasteiger partial charge < -0.3 is 4.74 Å². The Balaban J connectivity index is 1.26. The summed E-state index contributed by atoms with van der Waals surface area (Å²) in [6.07, 6.45) is 16.9. The molecule has 1 aromatic carbocycles. The van der Waals surface area contributed by atoms with Crippen LogP contribution in [0.4, 0.5) is 4.39 Å². The summed E-state index contributed by atoms with van der Waals surface area (Å²) in [5, 5.41) is 0. The van der Waals surface area contributed by atoms with Crippen molar-refractivity contribution in [1.29, 1.82) is 0 Å². The second kappa shape index (κ2) is 10.5. The highest BCUT2D eigenvalue weighted by molar-refractivity contribution is 5.92. The van der Waals surface area contributed by atoms with E-state index >= 15 is 0 Å². The molecule has 1 heterocycles. The van der Waals surface area contributed by atoms with E-state index in [1.165, 1.54) is 57.8 Å². The van der Waals surface area contributed by atoms with E-state index in [1.807, 2.05) is 19.1 Å². The van der Waals surface area contributed by atoms with Crippen LogP contribution in [0.1, 0.15) is 112 Å². The van der Waals surface area contributed by atoms with Crippen molar-refractivity contribution in [3.63, 3.8) is 0 Å². The normalized spacial score (nSPS) is 31.2. The molecule has 0 N–H and O–H groups in total. The molecule has 1 aromatic rings. The number of rotatable bonds is 7. The Morgan fingerprint density at radius 1 is 0.903 bits per heavy atom. The second-order valence-electron chi connectivity index (χ2n) is 10.6. The first kappa shape index (κ1) is 22.8. The van der Waals surface area contributed by atoms with Crippen molar-refractivity contribution in [2.45, 2.75) is 110 Å². The molecule has 0 saturated heterocycles. The summed E-state index contributed by atoms with van der Waals surface area (Å²) in [7, 11) is 0. The summed E-state index contributed by atoms with van der Waals surface area (Å²) < 4.78 is 20.6. The standard InChI is InChI=1S/C28H41FO2/c1-3-5-23-16-17-24-18-25(31-28(30)26(24)27(23)29)22-14-12-21(13-15-22)11-10-20-8-6-19(4-2)7-9-20/h16-17,19-22,25H,3-15,18H2,1-2H3. The van der Waals surface area contributed by atoms with Crippen LogP contribution in [0.2, 0.25) is 0 Å². The van der Waals surface area contributed by atoms with Crippen molar-refractivity contribution < 1.29 is 13.9 Å². The van der Waals surface area contributed by atoms with E-state index in [0.29, 0.717) is 24.3 Å². The molecular formula is C28H41FO2. The maximum Gasteiger partial charge on any atom is 0.341 e. The highest BCUT2D eigenvalue weighted by Crippen LogP contribution is 2.40. The lowest BCUT2D eigenvalue weighted by atomic mass is 9.73. The summed E-state index contributed by atoms with van der Waals surface area (Å²) in [5.74, 6) is 2.45. The summed E-state index contributed by atoms with van der Waals surface area (Å²) in [6, 6.07) is 3.84. The van der Waals surface area contributed by atoms with E-state index in [0.717, 1.165) is 42.6 Å². The molecule has 31 heavy (non-hydrogen) atoms. The second-order valence-corrected chi connectivity index (χ2v) is 10.6. The third-order valence-corrected chi connectivity index (χ3v) is 8.66. The number of aryl methyl sites for hydroxylation is 1. The van der Waals surface area contributed by atoms with Crippen molar-refractivity contribution in [1.82, 2.24) is 0 Å². The minimum atomic E-state index is -0.438. The number of halogens is 1. The first-order chi connectivity index (χ1) is 15.1. The van der Waals surface area contributed by atoms with Gasteiger partial charge in [-0.3, -0.25) is 0 Å². The van der Waals surface area contributed by atoms with Gasteiger partial charge in [0.2, 0.25) is 0 Å². The maximum absolute atomic E-state index is 14.8. The van der Waals surface area contributed by atoms with Gasteiger partial charge in [-0.2, -0.15) is 0 Å². The largest absolute Gasteiger partial charge is 0.458 e. The molecule has 4 rings (SSSR count). The molecule has 1 aliphatic heterocycles. The van der Waals surface area contributed by atoms with E-state index in [-0.39, 0.29) is 17.5 Å². The average Bonchev–Trinajstić information content (AvgIpc) is 2.80. The molecule has 2 fully saturated rings. The van der Waals surface area contributed by atoms with Crippen LogP contribution >= 0.6 is 0 Å². The van der Waals surface area contributed by atoms with Gasteiger partial charge in [0.25, 0.3) is 0 Å². The van der Waals surface area contributed by atoms with Crippen molar-refractivity contribution in [2.24, 2.45) is 23.7 Å². The van der Waals surface area contributed by atoms with E-state index in [1.54, 1.807) is 0 Å². The Labute approximate surface area is 188 Å². The van der Waals surface area contributed by atoms with Crippen LogP contribution in [0.25, 0.3) is 0 Å². The zero-order valence-electron chi connectivity index (χ0n) is 19.6. The quantitative estimate of drug-likeness (QED) is 0.417. The topological polar surface area (TPSA) is 26.3 Å². The molecule has 0 amide bonds. The number of benzene rings is 1. The van der Waals surface area contributed by atoms with Gasteiger partial charge >= 0.3 is 5.97 Å². The number of cyclic esters (lactones) is 1. The lowest BCUT2D eigenvalue weighted by molar-refractivity contribution is -0.00115. The smallest absolute Gasteiger partial charge is 0.341 e. The van der Waals surface area contributed by atoms with Crippen LogP contribution in [0, 0.1) is 29.5 Å². The van der Waals surface area contributed by atoms with E-state index in [4.69, 9.17) is 4.74 Å². The summed E-state index contributed by atoms with van der Waals surface area (Å²) in [4.78, 5) is 12.6. The fourth-order valence-corrected chi connectivity index (χ4v) is 6.48. The number of esters is 1. The number of hydrogen-bond acceptors (Lipinski definition) is 2. The van der Waals surface area contributed by atoms with Gasteiger partial charge in [0.1, 0.15) is 11.9 Å². The average molecular weight is 429 g/mol. The van der Waals surface area contributed by atoms with E-state index < -0.39 is 5.97 Å². The first-order valence-electron chi connectivity index (χ1n) is 13.1. The molecular weight excluding hydrogens is 387 g/mol. The van der Waals surface area contributed by atoms with E-state index in [2.05, 4.69) is 6.92 Å². The van der Waals surface area contributed by atoms with Crippen LogP contribution in [0.5, 0.6) is 0 Å². The van der Waals surface area contributed by atoms with Gasteiger partial charge in [0.05, 0.1) is 5.56 Å². The van der Waals surface area contributed by atoms with Crippen molar-refractivity contribution in [3.8, 4) is 0 Å². The number of ether oxygens (including phenoxy) is 1. The van der Waals surface area contributed by atoms with Crippen LogP contribution in [-0.2, 0) is 17.6 Å². The predicted octanol–water partition coefficient (Wildman–Crippen LogP) is 7.66. The Kier molecular flexibility index (Phi) is 7.72. The van der Waals surface area contributed by atoms with Crippen molar-refractivity contribution in [3.05, 3.63) is 34.6 Å². The summed E-state index contributed by atoms with van der Waals surface area (Å²) in [6.45, 7) is 4.37. The molecule has 3 heteroatoms. The minimum Gasteiger partial charge on any atom is -0.458 e. The fourth-order valence-electron chi connectivity index (χ4n) is 6.48. The van der Waals surface area contributed by atoms with Crippen LogP contribution in [-0.4, -0.2) is 12.1 Å². The molecule has 1 unspecified atom stereocenters. The molecule has 0 bridgehead atoms. The lowest BCUT2D eigenvalue weighted by Crippen LogP contribution is -2.36. The van der Waals surface area contributed by atoms with Gasteiger partial charge in [-0.05, 0) is 54.1 Å². The van der Waals surface area contributed by atoms with Crippen molar-refractivity contribution in [2.75, 3.05) is 0 Å². The Morgan fingerprint density at radius 3 is 2.13 bits per heavy atom. The fraction of sp³-hybridized carbons (Fsp3) is 0.750. The Morgan fingerprint density at radius 2 is 1.52 bits per heavy atom. The van der Waals surface area contributed by atoms with Crippen LogP contribution in [0.15, 0.2) is 12.1 Å². The van der Waals surface area contributed by atoms with Gasteiger partial charge in [-0.1, -0.05) is 90.2 Å². The molecule has 2 nitrogen and oxygen atoms in total. The van der Waals surface area contributed by atoms with Gasteiger partial charge in [0.15, 0.2) is 0 Å². The molecule has 172 valence electrons. The number of fused-ring (bicyclic) bond motifs is 1. The minimum absolute atomic E-state index is 0.0679. The third kappa shape index (κ3) is 5.34. The molecule has 0 radical (unpaired) electrons. The highest BCUT2D eigenvalue weighted by Gasteiger charge is 2.36. The van der Waals surface area contributed by atoms with Crippen LogP contribution in [0.3, 0.4) is 0 Å². The Bertz CT molecular complexity index is 742. The number of carbonyl (C=O) groups excluding carboxylic acids is 1. The van der Waals surface area contributed by atoms with E-state index in [9.17, 15) is 9.18 Å². The molecule has 0 aromatic heterocycles. The van der Waals surface area contributed by atoms with Crippen LogP contribution < -0.4 is 0 Å². The number of carbonyl (C=O) groups is 1. The van der Waals surface area contributed by atoms with Crippen molar-refractivity contribution >= 4 is 5.97 Å². The zero-order valence-corrected chi connectivity index (χ0v) is 19.6. The van der Waals surface area contributed by atoms with Gasteiger partial charge in [-0.15, -0.1) is 0 Å². The SMILES string of the molecule is CCCc1ccc2c(c1F)C(=O)OC(C1CCC(CCC3CCC(CC)CC3)CC1)C2. The zero-order chi connectivity index (χ0) is 21.8. The predicted molar refractivity (Wildman–Crippen MR) is 124 cm³/mol. The third-order valence-electron chi connectivity index (χ3n) is 8.66. The van der Waals surface area contributed by atoms with Gasteiger partial charge in [0, 0.05) is 6.42 Å².